The Bertz CT molecular complexity index is 1080. The summed E-state index contributed by atoms with van der Waals surface area (Å²) in [6.07, 6.45) is 6.49. The number of hydrogen-bond acceptors (Lipinski definition) is 6. The van der Waals surface area contributed by atoms with E-state index >= 15 is 0 Å². The highest BCUT2D eigenvalue weighted by molar-refractivity contribution is 5.86. The third kappa shape index (κ3) is 2.64. The van der Waals surface area contributed by atoms with Crippen molar-refractivity contribution in [3.63, 3.8) is 0 Å². The molecule has 2 saturated heterocycles. The Balaban J connectivity index is 0.00000252. The molecule has 37 heavy (non-hydrogen) atoms. The second-order valence-electron chi connectivity index (χ2n) is 15.2. The van der Waals surface area contributed by atoms with Crippen LogP contribution in [-0.4, -0.2) is 62.9 Å². The summed E-state index contributed by atoms with van der Waals surface area (Å²) in [7, 11) is 0. The van der Waals surface area contributed by atoms with Gasteiger partial charge >= 0.3 is 0 Å². The molecule has 7 aliphatic rings. The van der Waals surface area contributed by atoms with Gasteiger partial charge in [0.05, 0.1) is 18.8 Å². The first kappa shape index (κ1) is 26.4. The molecule has 0 bridgehead atoms. The first-order valence-corrected chi connectivity index (χ1v) is 14.3. The summed E-state index contributed by atoms with van der Waals surface area (Å²) < 4.78 is 12.8. The van der Waals surface area contributed by atoms with Crippen molar-refractivity contribution in [3.8, 4) is 0 Å². The van der Waals surface area contributed by atoms with Gasteiger partial charge < -0.3 is 30.3 Å². The molecule has 0 unspecified atom stereocenters. The largest absolute Gasteiger partial charge is 0.412 e. The number of Topliss-reactive ketones (excluding diaryl/α,β-unsaturated/α-hetero) is 1. The van der Waals surface area contributed by atoms with Gasteiger partial charge in [0.1, 0.15) is 17.5 Å². The fourth-order valence-corrected chi connectivity index (χ4v) is 11.6. The van der Waals surface area contributed by atoms with E-state index in [1.165, 1.54) is 5.57 Å². The van der Waals surface area contributed by atoms with Crippen LogP contribution < -0.4 is 0 Å². The van der Waals surface area contributed by atoms with Gasteiger partial charge in [-0.2, -0.15) is 0 Å². The van der Waals surface area contributed by atoms with Gasteiger partial charge in [-0.3, -0.25) is 4.79 Å². The van der Waals surface area contributed by atoms with Gasteiger partial charge in [0.25, 0.3) is 0 Å². The SMILES string of the molecule is C[C@@H]1C[C@@]2(OC[C@](C)(O)[C@H]2O)O[C@H]2C[C@@]3(C)C4=CC[C@H]5C(C)(C)C(=O)CC[C@@]56C[C@@]46C[C@@H](O)[C@]3(C)[C@@H]12.O. The molecular formula is C30H46O7. The van der Waals surface area contributed by atoms with Crippen molar-refractivity contribution in [1.29, 1.82) is 0 Å². The lowest BCUT2D eigenvalue weighted by atomic mass is 9.44. The zero-order valence-corrected chi connectivity index (χ0v) is 23.3. The van der Waals surface area contributed by atoms with Gasteiger partial charge in [0.2, 0.25) is 0 Å². The zero-order chi connectivity index (χ0) is 25.9. The molecule has 7 rings (SSSR count). The normalized spacial score (nSPS) is 60.9. The average molecular weight is 519 g/mol. The van der Waals surface area contributed by atoms with E-state index in [0.717, 1.165) is 32.1 Å². The Morgan fingerprint density at radius 2 is 1.76 bits per heavy atom. The number of fused-ring (bicyclic) bond motifs is 4. The Hall–Kier alpha value is -0.830. The molecule has 5 N–H and O–H groups in total. The minimum absolute atomic E-state index is 0. The summed E-state index contributed by atoms with van der Waals surface area (Å²) in [4.78, 5) is 12.9. The van der Waals surface area contributed by atoms with E-state index in [4.69, 9.17) is 9.47 Å². The predicted molar refractivity (Wildman–Crippen MR) is 136 cm³/mol. The Kier molecular flexibility index (Phi) is 5.05. The first-order valence-electron chi connectivity index (χ1n) is 14.3. The van der Waals surface area contributed by atoms with Crippen LogP contribution in [0.15, 0.2) is 11.6 Å². The van der Waals surface area contributed by atoms with Crippen molar-refractivity contribution < 1.29 is 35.1 Å². The van der Waals surface area contributed by atoms with Crippen molar-refractivity contribution in [1.82, 2.24) is 0 Å². The molecule has 7 heteroatoms. The van der Waals surface area contributed by atoms with Crippen molar-refractivity contribution in [2.45, 2.75) is 116 Å². The van der Waals surface area contributed by atoms with E-state index in [9.17, 15) is 20.1 Å². The second kappa shape index (κ2) is 7.08. The van der Waals surface area contributed by atoms with Crippen molar-refractivity contribution >= 4 is 5.78 Å². The Morgan fingerprint density at radius 1 is 1.05 bits per heavy atom. The van der Waals surface area contributed by atoms with E-state index in [1.807, 2.05) is 0 Å². The molecule has 0 aromatic rings. The molecule has 4 saturated carbocycles. The number of ketones is 1. The summed E-state index contributed by atoms with van der Waals surface area (Å²) in [5.74, 6) is -0.136. The van der Waals surface area contributed by atoms with Gasteiger partial charge in [0, 0.05) is 29.1 Å². The van der Waals surface area contributed by atoms with Crippen molar-refractivity contribution in [2.75, 3.05) is 6.61 Å². The number of carbonyl (C=O) groups is 1. The molecule has 208 valence electrons. The predicted octanol–water partition coefficient (Wildman–Crippen LogP) is 2.93. The first-order chi connectivity index (χ1) is 16.6. The number of carbonyl (C=O) groups excluding carboxylic acids is 1. The van der Waals surface area contributed by atoms with E-state index in [0.29, 0.717) is 24.5 Å². The molecule has 2 heterocycles. The molecule has 0 amide bonds. The smallest absolute Gasteiger partial charge is 0.198 e. The fraction of sp³-hybridized carbons (Fsp3) is 0.900. The maximum Gasteiger partial charge on any atom is 0.198 e. The molecule has 0 radical (unpaired) electrons. The molecule has 5 aliphatic carbocycles. The lowest BCUT2D eigenvalue weighted by Crippen LogP contribution is -2.61. The summed E-state index contributed by atoms with van der Waals surface area (Å²) in [5, 5.41) is 33.8. The van der Waals surface area contributed by atoms with Gasteiger partial charge in [-0.15, -0.1) is 0 Å². The third-order valence-corrected chi connectivity index (χ3v) is 13.5. The van der Waals surface area contributed by atoms with Gasteiger partial charge in [-0.05, 0) is 67.6 Å². The van der Waals surface area contributed by atoms with E-state index in [1.54, 1.807) is 6.92 Å². The zero-order valence-electron chi connectivity index (χ0n) is 23.3. The maximum absolute atomic E-state index is 12.9. The van der Waals surface area contributed by atoms with Crippen LogP contribution in [0.3, 0.4) is 0 Å². The van der Waals surface area contributed by atoms with Crippen LogP contribution >= 0.6 is 0 Å². The quantitative estimate of drug-likeness (QED) is 0.423. The molecule has 0 aromatic heterocycles. The molecular weight excluding hydrogens is 472 g/mol. The van der Waals surface area contributed by atoms with Gasteiger partial charge in [-0.25, -0.2) is 0 Å². The highest BCUT2D eigenvalue weighted by Crippen LogP contribution is 2.88. The number of aliphatic hydroxyl groups is 3. The van der Waals surface area contributed by atoms with Crippen LogP contribution in [0.1, 0.15) is 86.5 Å². The Labute approximate surface area is 220 Å². The topological polar surface area (TPSA) is 128 Å². The summed E-state index contributed by atoms with van der Waals surface area (Å²) >= 11 is 0. The standard InChI is InChI=1S/C30H44O6.H2O/c1-16-11-30(23(33)26(5,34)15-35-30)36-17-12-25(4)19-8-7-18-24(2,3)20(31)9-10-28(18)14-29(19,28)13-21(32)27(25,6)22(16)17;/h8,16-18,21-23,32-34H,7,9-15H2,1-6H3;1H2/t16-,17+,18+,21-,22+,23-,25+,26+,27-,28-,29+,30-;/m1./s1. The summed E-state index contributed by atoms with van der Waals surface area (Å²) in [6.45, 7) is 12.8. The molecule has 2 aliphatic heterocycles. The summed E-state index contributed by atoms with van der Waals surface area (Å²) in [5.41, 5.74) is -0.583. The number of rotatable bonds is 0. The van der Waals surface area contributed by atoms with Crippen LogP contribution in [-0.2, 0) is 14.3 Å². The van der Waals surface area contributed by atoms with E-state index in [2.05, 4.69) is 40.7 Å². The molecule has 7 nitrogen and oxygen atoms in total. The minimum Gasteiger partial charge on any atom is -0.412 e. The second-order valence-corrected chi connectivity index (χ2v) is 15.2. The van der Waals surface area contributed by atoms with Gasteiger partial charge in [-0.1, -0.05) is 46.3 Å². The summed E-state index contributed by atoms with van der Waals surface area (Å²) in [6, 6.07) is 0. The number of allylic oxidation sites excluding steroid dienone is 2. The minimum atomic E-state index is -1.33. The van der Waals surface area contributed by atoms with Crippen LogP contribution in [0.2, 0.25) is 0 Å². The maximum atomic E-state index is 12.9. The van der Waals surface area contributed by atoms with Crippen LogP contribution in [0.4, 0.5) is 0 Å². The highest BCUT2D eigenvalue weighted by Gasteiger charge is 2.83. The van der Waals surface area contributed by atoms with Crippen molar-refractivity contribution in [2.24, 2.45) is 44.8 Å². The average Bonchev–Trinajstić information content (AvgIpc) is 3.30. The molecule has 12 atom stereocenters. The Morgan fingerprint density at radius 3 is 2.41 bits per heavy atom. The highest BCUT2D eigenvalue weighted by atomic mass is 16.7. The number of ether oxygens (including phenoxy) is 2. The van der Waals surface area contributed by atoms with Crippen molar-refractivity contribution in [3.05, 3.63) is 11.6 Å². The van der Waals surface area contributed by atoms with Crippen LogP contribution in [0.25, 0.3) is 0 Å². The lowest BCUT2D eigenvalue weighted by molar-refractivity contribution is -0.314. The third-order valence-electron chi connectivity index (χ3n) is 13.5. The van der Waals surface area contributed by atoms with Gasteiger partial charge in [0.15, 0.2) is 5.79 Å². The molecule has 3 spiro atoms. The monoisotopic (exact) mass is 518 g/mol. The molecule has 0 aromatic carbocycles. The van der Waals surface area contributed by atoms with E-state index < -0.39 is 23.6 Å². The number of hydrogen-bond donors (Lipinski definition) is 3. The molecule has 6 fully saturated rings. The number of aliphatic hydroxyl groups excluding tert-OH is 2. The van der Waals surface area contributed by atoms with Crippen LogP contribution in [0, 0.1) is 44.8 Å². The van der Waals surface area contributed by atoms with Crippen LogP contribution in [0.5, 0.6) is 0 Å². The van der Waals surface area contributed by atoms with E-state index in [-0.39, 0.29) is 57.1 Å². The fourth-order valence-electron chi connectivity index (χ4n) is 11.6. The lowest BCUT2D eigenvalue weighted by Gasteiger charge is -2.61.